The Morgan fingerprint density at radius 2 is 1.71 bits per heavy atom. The zero-order valence-electron chi connectivity index (χ0n) is 17.4. The highest BCUT2D eigenvalue weighted by Gasteiger charge is 2.53. The van der Waals surface area contributed by atoms with Gasteiger partial charge in [-0.3, -0.25) is 19.2 Å². The van der Waals surface area contributed by atoms with Gasteiger partial charge in [-0.1, -0.05) is 25.4 Å². The molecule has 0 aromatic rings. The van der Waals surface area contributed by atoms with Crippen LogP contribution < -0.4 is 0 Å². The largest absolute Gasteiger partial charge is 0.469 e. The fourth-order valence-corrected chi connectivity index (χ4v) is 3.51. The second kappa shape index (κ2) is 10.9. The van der Waals surface area contributed by atoms with E-state index in [1.165, 1.54) is 14.2 Å². The van der Waals surface area contributed by atoms with E-state index in [1.807, 2.05) is 0 Å². The van der Waals surface area contributed by atoms with Crippen LogP contribution in [0.2, 0.25) is 0 Å². The number of ether oxygens (including phenoxy) is 2. The van der Waals surface area contributed by atoms with Crippen molar-refractivity contribution in [1.82, 2.24) is 0 Å². The van der Waals surface area contributed by atoms with Gasteiger partial charge in [0.1, 0.15) is 24.2 Å². The van der Waals surface area contributed by atoms with Crippen LogP contribution in [0.5, 0.6) is 0 Å². The summed E-state index contributed by atoms with van der Waals surface area (Å²) in [5.74, 6) is -3.77. The number of Topliss-reactive ketones (excluding diaryl/α,β-unsaturated/α-hetero) is 2. The number of esters is 2. The zero-order valence-corrected chi connectivity index (χ0v) is 17.4. The highest BCUT2D eigenvalue weighted by molar-refractivity contribution is 6.26. The fourth-order valence-electron chi connectivity index (χ4n) is 3.51. The molecule has 1 aliphatic carbocycles. The summed E-state index contributed by atoms with van der Waals surface area (Å²) in [6.45, 7) is 5.48. The van der Waals surface area contributed by atoms with Crippen LogP contribution in [0.4, 0.5) is 0 Å². The molecule has 0 amide bonds. The molecule has 0 unspecified atom stereocenters. The van der Waals surface area contributed by atoms with Crippen LogP contribution in [0.1, 0.15) is 59.3 Å². The van der Waals surface area contributed by atoms with E-state index in [0.717, 1.165) is 0 Å². The molecule has 8 nitrogen and oxygen atoms in total. The Morgan fingerprint density at radius 1 is 1.07 bits per heavy atom. The first-order valence-corrected chi connectivity index (χ1v) is 9.59. The molecule has 8 heteroatoms. The van der Waals surface area contributed by atoms with Crippen LogP contribution >= 0.6 is 0 Å². The lowest BCUT2D eigenvalue weighted by Crippen LogP contribution is -2.52. The molecule has 0 aromatic carbocycles. The van der Waals surface area contributed by atoms with Gasteiger partial charge in [-0.25, -0.2) is 0 Å². The molecule has 0 bridgehead atoms. The Bertz CT molecular complexity index is 624. The Labute approximate surface area is 166 Å². The maximum atomic E-state index is 13.1. The maximum absolute atomic E-state index is 13.1. The molecule has 0 spiro atoms. The van der Waals surface area contributed by atoms with Crippen molar-refractivity contribution in [2.75, 3.05) is 20.8 Å². The quantitative estimate of drug-likeness (QED) is 0.183. The van der Waals surface area contributed by atoms with Gasteiger partial charge in [0, 0.05) is 12.8 Å². The molecule has 158 valence electrons. The molecule has 0 aliphatic heterocycles. The normalized spacial score (nSPS) is 22.0. The van der Waals surface area contributed by atoms with Crippen molar-refractivity contribution >= 4 is 29.2 Å². The molecular weight excluding hydrogens is 366 g/mol. The third kappa shape index (κ3) is 6.14. The molecule has 0 radical (unpaired) electrons. The average molecular weight is 397 g/mol. The lowest BCUT2D eigenvalue weighted by atomic mass is 9.63. The van der Waals surface area contributed by atoms with Crippen molar-refractivity contribution in [2.24, 2.45) is 22.4 Å². The van der Waals surface area contributed by atoms with Gasteiger partial charge in [0.15, 0.2) is 5.78 Å². The molecule has 0 N–H and O–H groups in total. The SMILES string of the molecule is CCO/N=C(/CCCCCC(=O)OC)[C@@H]1C(=O)CC(C)(C)[C@@H](C(=O)OC)C1=O. The Balaban J connectivity index is 2.93. The zero-order chi connectivity index (χ0) is 21.3. The van der Waals surface area contributed by atoms with E-state index in [2.05, 4.69) is 9.89 Å². The van der Waals surface area contributed by atoms with Gasteiger partial charge in [-0.05, 0) is 31.6 Å². The van der Waals surface area contributed by atoms with Gasteiger partial charge in [-0.15, -0.1) is 0 Å². The maximum Gasteiger partial charge on any atom is 0.316 e. The van der Waals surface area contributed by atoms with Crippen LogP contribution in [0.25, 0.3) is 0 Å². The molecule has 1 fully saturated rings. The van der Waals surface area contributed by atoms with Gasteiger partial charge < -0.3 is 14.3 Å². The number of hydrogen-bond acceptors (Lipinski definition) is 8. The number of carbonyl (C=O) groups excluding carboxylic acids is 4. The van der Waals surface area contributed by atoms with Gasteiger partial charge >= 0.3 is 11.9 Å². The molecule has 1 saturated carbocycles. The van der Waals surface area contributed by atoms with Crippen LogP contribution in [0.3, 0.4) is 0 Å². The van der Waals surface area contributed by atoms with Crippen molar-refractivity contribution < 1.29 is 33.5 Å². The van der Waals surface area contributed by atoms with Gasteiger partial charge in [0.05, 0.1) is 19.9 Å². The minimum atomic E-state index is -1.09. The number of methoxy groups -OCH3 is 2. The third-order valence-electron chi connectivity index (χ3n) is 4.92. The Morgan fingerprint density at radius 3 is 2.29 bits per heavy atom. The van der Waals surface area contributed by atoms with Crippen LogP contribution in [-0.4, -0.2) is 50.0 Å². The van der Waals surface area contributed by atoms with E-state index in [0.29, 0.717) is 44.4 Å². The molecule has 1 aliphatic rings. The minimum absolute atomic E-state index is 0.0800. The summed E-state index contributed by atoms with van der Waals surface area (Å²) in [6.07, 6.45) is 2.75. The first-order chi connectivity index (χ1) is 13.2. The Hall–Kier alpha value is -2.25. The van der Waals surface area contributed by atoms with E-state index in [1.54, 1.807) is 20.8 Å². The Kier molecular flexibility index (Phi) is 9.28. The number of oxime groups is 1. The number of nitrogens with zero attached hydrogens (tertiary/aromatic N) is 1. The summed E-state index contributed by atoms with van der Waals surface area (Å²) in [7, 11) is 2.57. The van der Waals surface area contributed by atoms with Crippen molar-refractivity contribution in [3.8, 4) is 0 Å². The lowest BCUT2D eigenvalue weighted by Gasteiger charge is -2.38. The average Bonchev–Trinajstić information content (AvgIpc) is 2.63. The molecule has 0 saturated heterocycles. The standard InChI is InChI=1S/C20H31NO7/c1-6-28-21-13(10-8-7-9-11-15(23)26-4)16-14(22)12-20(2,3)17(18(16)24)19(25)27-5/h16-17H,6-12H2,1-5H3/b21-13-/t16-,17-/m1/s1. The lowest BCUT2D eigenvalue weighted by molar-refractivity contribution is -0.159. The molecule has 1 rings (SSSR count). The van der Waals surface area contributed by atoms with Crippen molar-refractivity contribution in [1.29, 1.82) is 0 Å². The predicted octanol–water partition coefficient (Wildman–Crippen LogP) is 2.48. The van der Waals surface area contributed by atoms with Crippen molar-refractivity contribution in [3.63, 3.8) is 0 Å². The summed E-state index contributed by atoms with van der Waals surface area (Å²) in [5.41, 5.74) is -0.478. The molecule has 28 heavy (non-hydrogen) atoms. The smallest absolute Gasteiger partial charge is 0.316 e. The van der Waals surface area contributed by atoms with E-state index >= 15 is 0 Å². The number of ketones is 2. The molecule has 0 aromatic heterocycles. The topological polar surface area (TPSA) is 108 Å². The van der Waals surface area contributed by atoms with Gasteiger partial charge in [-0.2, -0.15) is 0 Å². The number of rotatable bonds is 10. The van der Waals surface area contributed by atoms with Crippen LogP contribution in [-0.2, 0) is 33.5 Å². The second-order valence-electron chi connectivity index (χ2n) is 7.56. The van der Waals surface area contributed by atoms with E-state index < -0.39 is 29.0 Å². The summed E-state index contributed by atoms with van der Waals surface area (Å²) >= 11 is 0. The molecular formula is C20H31NO7. The number of unbranched alkanes of at least 4 members (excludes halogenated alkanes) is 2. The summed E-state index contributed by atoms with van der Waals surface area (Å²) in [4.78, 5) is 54.3. The molecule has 0 heterocycles. The van der Waals surface area contributed by atoms with Gasteiger partial charge in [0.2, 0.25) is 0 Å². The van der Waals surface area contributed by atoms with Crippen molar-refractivity contribution in [3.05, 3.63) is 0 Å². The second-order valence-corrected chi connectivity index (χ2v) is 7.56. The highest BCUT2D eigenvalue weighted by Crippen LogP contribution is 2.40. The third-order valence-corrected chi connectivity index (χ3v) is 4.92. The summed E-state index contributed by atoms with van der Waals surface area (Å²) in [5, 5.41) is 4.01. The highest BCUT2D eigenvalue weighted by atomic mass is 16.6. The van der Waals surface area contributed by atoms with E-state index in [9.17, 15) is 19.2 Å². The number of carbonyl (C=O) groups is 4. The monoisotopic (exact) mass is 397 g/mol. The summed E-state index contributed by atoms with van der Waals surface area (Å²) in [6, 6.07) is 0. The van der Waals surface area contributed by atoms with Crippen molar-refractivity contribution in [2.45, 2.75) is 59.3 Å². The first-order valence-electron chi connectivity index (χ1n) is 9.59. The first kappa shape index (κ1) is 23.8. The van der Waals surface area contributed by atoms with E-state index in [-0.39, 0.29) is 18.2 Å². The summed E-state index contributed by atoms with van der Waals surface area (Å²) < 4.78 is 9.40. The fraction of sp³-hybridized carbons (Fsp3) is 0.750. The molecule has 2 atom stereocenters. The van der Waals surface area contributed by atoms with E-state index in [4.69, 9.17) is 9.57 Å². The van der Waals surface area contributed by atoms with Gasteiger partial charge in [0.25, 0.3) is 0 Å². The minimum Gasteiger partial charge on any atom is -0.469 e. The van der Waals surface area contributed by atoms with Crippen LogP contribution in [0.15, 0.2) is 5.16 Å². The van der Waals surface area contributed by atoms with Crippen LogP contribution in [0, 0.1) is 17.3 Å². The number of hydrogen-bond donors (Lipinski definition) is 0. The predicted molar refractivity (Wildman–Crippen MR) is 102 cm³/mol.